The zero-order chi connectivity index (χ0) is 19.8. The lowest BCUT2D eigenvalue weighted by Gasteiger charge is -2.37. The number of amides is 1. The number of carbonyl (C=O) groups is 2. The molecule has 3 aromatic rings. The third-order valence-corrected chi connectivity index (χ3v) is 6.05. The highest BCUT2D eigenvalue weighted by Crippen LogP contribution is 2.36. The van der Waals surface area contributed by atoms with Crippen molar-refractivity contribution in [3.05, 3.63) is 70.8 Å². The third kappa shape index (κ3) is 2.84. The van der Waals surface area contributed by atoms with E-state index in [1.807, 2.05) is 37.3 Å². The number of fused-ring (bicyclic) bond motifs is 2. The predicted octanol–water partition coefficient (Wildman–Crippen LogP) is 4.14. The molecule has 1 aromatic carbocycles. The van der Waals surface area contributed by atoms with E-state index in [4.69, 9.17) is 4.74 Å². The Balaban J connectivity index is 1.81. The van der Waals surface area contributed by atoms with Crippen LogP contribution in [0.4, 0.5) is 5.69 Å². The van der Waals surface area contributed by atoms with E-state index >= 15 is 0 Å². The highest BCUT2D eigenvalue weighted by atomic mass is 32.1. The molecule has 0 radical (unpaired) electrons. The number of carbonyl (C=O) groups excluding carboxylic acids is 2. The van der Waals surface area contributed by atoms with Crippen molar-refractivity contribution in [2.24, 2.45) is 0 Å². The number of nitrogens with one attached hydrogen (secondary N) is 1. The molecule has 4 rings (SSSR count). The Labute approximate surface area is 166 Å². The van der Waals surface area contributed by atoms with Crippen LogP contribution in [0.15, 0.2) is 49.2 Å². The summed E-state index contributed by atoms with van der Waals surface area (Å²) in [4.78, 5) is 32.6. The number of anilines is 1. The number of aryl methyl sites for hydroxylation is 1. The van der Waals surface area contributed by atoms with Crippen LogP contribution in [0.5, 0.6) is 0 Å². The van der Waals surface area contributed by atoms with Crippen molar-refractivity contribution in [3.8, 4) is 0 Å². The van der Waals surface area contributed by atoms with Gasteiger partial charge in [0.2, 0.25) is 0 Å². The van der Waals surface area contributed by atoms with E-state index in [1.165, 1.54) is 18.4 Å². The first-order valence-corrected chi connectivity index (χ1v) is 9.61. The van der Waals surface area contributed by atoms with Gasteiger partial charge in [0.25, 0.3) is 5.91 Å². The SMILES string of the molecule is C=CCN1C(=O)c2ccccc2NC1c1cnc2sc(C(=O)OC)c(C)c2c1. The molecule has 2 aromatic heterocycles. The number of aromatic nitrogens is 1. The Morgan fingerprint density at radius 2 is 2.21 bits per heavy atom. The molecule has 0 aliphatic carbocycles. The molecular weight excluding hydrogens is 374 g/mol. The lowest BCUT2D eigenvalue weighted by Crippen LogP contribution is -2.43. The number of benzene rings is 1. The molecule has 6 nitrogen and oxygen atoms in total. The standard InChI is InChI=1S/C21H19N3O3S/c1-4-9-24-18(23-16-8-6-5-7-14(16)20(24)25)13-10-15-12(2)17(21(26)27-3)28-19(15)22-11-13/h4-8,10-11,18,23H,1,9H2,2-3H3. The number of nitrogens with zero attached hydrogens (tertiary/aromatic N) is 2. The molecule has 0 fully saturated rings. The quantitative estimate of drug-likeness (QED) is 0.533. The third-order valence-electron chi connectivity index (χ3n) is 4.85. The normalized spacial score (nSPS) is 15.9. The fraction of sp³-hybridized carbons (Fsp3) is 0.190. The smallest absolute Gasteiger partial charge is 0.348 e. The summed E-state index contributed by atoms with van der Waals surface area (Å²) in [6.45, 7) is 6.07. The summed E-state index contributed by atoms with van der Waals surface area (Å²) in [5.74, 6) is -0.424. The molecular formula is C21H19N3O3S. The minimum Gasteiger partial charge on any atom is -0.465 e. The van der Waals surface area contributed by atoms with Crippen LogP contribution in [-0.4, -0.2) is 35.4 Å². The van der Waals surface area contributed by atoms with Crippen molar-refractivity contribution in [2.75, 3.05) is 19.0 Å². The largest absolute Gasteiger partial charge is 0.465 e. The van der Waals surface area contributed by atoms with E-state index in [9.17, 15) is 9.59 Å². The molecule has 0 saturated carbocycles. The summed E-state index contributed by atoms with van der Waals surface area (Å²) in [5.41, 5.74) is 3.10. The number of hydrogen-bond acceptors (Lipinski definition) is 6. The number of rotatable bonds is 4. The van der Waals surface area contributed by atoms with Crippen LogP contribution in [0.25, 0.3) is 10.2 Å². The van der Waals surface area contributed by atoms with E-state index in [2.05, 4.69) is 16.9 Å². The van der Waals surface area contributed by atoms with Crippen LogP contribution in [-0.2, 0) is 4.74 Å². The van der Waals surface area contributed by atoms with Crippen LogP contribution in [0.1, 0.15) is 37.3 Å². The van der Waals surface area contributed by atoms with Crippen LogP contribution in [0, 0.1) is 6.92 Å². The fourth-order valence-corrected chi connectivity index (χ4v) is 4.48. The molecule has 1 amide bonds. The minimum atomic E-state index is -0.377. The van der Waals surface area contributed by atoms with Gasteiger partial charge in [0.1, 0.15) is 15.9 Å². The van der Waals surface area contributed by atoms with Gasteiger partial charge in [-0.15, -0.1) is 17.9 Å². The van der Waals surface area contributed by atoms with Crippen molar-refractivity contribution in [1.82, 2.24) is 9.88 Å². The minimum absolute atomic E-state index is 0.0587. The molecule has 1 unspecified atom stereocenters. The van der Waals surface area contributed by atoms with Crippen LogP contribution >= 0.6 is 11.3 Å². The molecule has 7 heteroatoms. The summed E-state index contributed by atoms with van der Waals surface area (Å²) in [6.07, 6.45) is 3.07. The van der Waals surface area contributed by atoms with Gasteiger partial charge in [-0.3, -0.25) is 4.79 Å². The molecule has 0 saturated heterocycles. The number of esters is 1. The van der Waals surface area contributed by atoms with Gasteiger partial charge in [-0.05, 0) is 30.7 Å². The Bertz CT molecular complexity index is 1110. The van der Waals surface area contributed by atoms with Gasteiger partial charge in [-0.1, -0.05) is 18.2 Å². The number of thiophene rings is 1. The second kappa shape index (κ2) is 7.09. The van der Waals surface area contributed by atoms with E-state index in [0.717, 1.165) is 27.0 Å². The molecule has 1 atom stereocenters. The zero-order valence-electron chi connectivity index (χ0n) is 15.6. The van der Waals surface area contributed by atoms with Crippen LogP contribution < -0.4 is 5.32 Å². The van der Waals surface area contributed by atoms with Gasteiger partial charge in [-0.25, -0.2) is 9.78 Å². The Hall–Kier alpha value is -3.19. The maximum Gasteiger partial charge on any atom is 0.348 e. The Kier molecular flexibility index (Phi) is 4.60. The molecule has 1 N–H and O–H groups in total. The average Bonchev–Trinajstić information content (AvgIpc) is 3.05. The van der Waals surface area contributed by atoms with Crippen molar-refractivity contribution < 1.29 is 14.3 Å². The lowest BCUT2D eigenvalue weighted by atomic mass is 10.0. The number of ether oxygens (including phenoxy) is 1. The van der Waals surface area contributed by atoms with Crippen LogP contribution in [0.3, 0.4) is 0 Å². The van der Waals surface area contributed by atoms with E-state index in [1.54, 1.807) is 17.2 Å². The molecule has 1 aliphatic rings. The second-order valence-electron chi connectivity index (χ2n) is 6.51. The second-order valence-corrected chi connectivity index (χ2v) is 7.51. The van der Waals surface area contributed by atoms with E-state index < -0.39 is 0 Å². The van der Waals surface area contributed by atoms with Gasteiger partial charge in [-0.2, -0.15) is 0 Å². The lowest BCUT2D eigenvalue weighted by molar-refractivity contribution is 0.0605. The molecule has 142 valence electrons. The van der Waals surface area contributed by atoms with Crippen molar-refractivity contribution in [3.63, 3.8) is 0 Å². The zero-order valence-corrected chi connectivity index (χ0v) is 16.4. The maximum atomic E-state index is 13.0. The van der Waals surface area contributed by atoms with Gasteiger partial charge < -0.3 is 15.0 Å². The molecule has 1 aliphatic heterocycles. The average molecular weight is 393 g/mol. The van der Waals surface area contributed by atoms with E-state index in [-0.39, 0.29) is 18.0 Å². The van der Waals surface area contributed by atoms with Gasteiger partial charge in [0.05, 0.1) is 12.7 Å². The number of hydrogen-bond donors (Lipinski definition) is 1. The summed E-state index contributed by atoms with van der Waals surface area (Å²) in [7, 11) is 1.37. The number of para-hydroxylation sites is 1. The molecule has 28 heavy (non-hydrogen) atoms. The molecule has 3 heterocycles. The van der Waals surface area contributed by atoms with Crippen molar-refractivity contribution in [1.29, 1.82) is 0 Å². The van der Waals surface area contributed by atoms with Gasteiger partial charge >= 0.3 is 5.97 Å². The highest BCUT2D eigenvalue weighted by Gasteiger charge is 2.32. The Morgan fingerprint density at radius 3 is 2.96 bits per heavy atom. The monoisotopic (exact) mass is 393 g/mol. The maximum absolute atomic E-state index is 13.0. The van der Waals surface area contributed by atoms with Gasteiger partial charge in [0, 0.05) is 29.4 Å². The molecule has 0 bridgehead atoms. The summed E-state index contributed by atoms with van der Waals surface area (Å²) >= 11 is 1.31. The summed E-state index contributed by atoms with van der Waals surface area (Å²) in [5, 5.41) is 4.32. The fourth-order valence-electron chi connectivity index (χ4n) is 3.43. The van der Waals surface area contributed by atoms with Crippen molar-refractivity contribution in [2.45, 2.75) is 13.1 Å². The van der Waals surface area contributed by atoms with Gasteiger partial charge in [0.15, 0.2) is 0 Å². The topological polar surface area (TPSA) is 71.5 Å². The first kappa shape index (κ1) is 18.2. The highest BCUT2D eigenvalue weighted by molar-refractivity contribution is 7.20. The predicted molar refractivity (Wildman–Crippen MR) is 110 cm³/mol. The Morgan fingerprint density at radius 1 is 1.43 bits per heavy atom. The number of methoxy groups -OCH3 is 1. The van der Waals surface area contributed by atoms with Crippen LogP contribution in [0.2, 0.25) is 0 Å². The summed E-state index contributed by atoms with van der Waals surface area (Å²) < 4.78 is 4.86. The molecule has 0 spiro atoms. The number of pyridine rings is 1. The van der Waals surface area contributed by atoms with E-state index in [0.29, 0.717) is 17.0 Å². The summed E-state index contributed by atoms with van der Waals surface area (Å²) in [6, 6.07) is 9.43. The first-order valence-electron chi connectivity index (χ1n) is 8.80. The van der Waals surface area contributed by atoms with Crippen molar-refractivity contribution >= 4 is 39.1 Å². The first-order chi connectivity index (χ1) is 13.5.